The zero-order chi connectivity index (χ0) is 21.1. The van der Waals surface area contributed by atoms with Crippen LogP contribution >= 0.6 is 11.3 Å². The van der Waals surface area contributed by atoms with Crippen LogP contribution in [0.3, 0.4) is 0 Å². The van der Waals surface area contributed by atoms with Crippen molar-refractivity contribution in [3.05, 3.63) is 53.1 Å². The van der Waals surface area contributed by atoms with Gasteiger partial charge in [0.25, 0.3) is 5.91 Å². The Hall–Kier alpha value is -3.00. The molecule has 4 rings (SSSR count). The second kappa shape index (κ2) is 8.79. The lowest BCUT2D eigenvalue weighted by Crippen LogP contribution is -2.38. The average molecular weight is 425 g/mol. The molecule has 1 aliphatic heterocycles. The number of carbonyl (C=O) groups is 1. The van der Waals surface area contributed by atoms with Crippen LogP contribution in [0.15, 0.2) is 36.8 Å². The molecule has 0 aliphatic carbocycles. The van der Waals surface area contributed by atoms with Crippen molar-refractivity contribution >= 4 is 17.2 Å². The molecule has 0 bridgehead atoms. The molecule has 1 aromatic carbocycles. The number of likely N-dealkylation sites (tertiary alicyclic amines) is 1. The van der Waals surface area contributed by atoms with Gasteiger partial charge in [0.2, 0.25) is 0 Å². The van der Waals surface area contributed by atoms with Crippen molar-refractivity contribution in [3.8, 4) is 22.1 Å². The number of benzene rings is 1. The minimum absolute atomic E-state index is 0.0558. The maximum absolute atomic E-state index is 13.2. The van der Waals surface area contributed by atoms with Crippen LogP contribution in [-0.4, -0.2) is 53.1 Å². The fraction of sp³-hybridized carbons (Fsp3) is 0.364. The molecule has 0 saturated carbocycles. The molecule has 1 saturated heterocycles. The minimum Gasteiger partial charge on any atom is -0.496 e. The number of carbonyl (C=O) groups excluding carboxylic acids is 1. The average Bonchev–Trinajstić information content (AvgIpc) is 3.20. The summed E-state index contributed by atoms with van der Waals surface area (Å²) < 4.78 is 10.8. The third-order valence-corrected chi connectivity index (χ3v) is 6.74. The van der Waals surface area contributed by atoms with Crippen LogP contribution in [0.1, 0.15) is 39.8 Å². The first-order chi connectivity index (χ1) is 14.6. The van der Waals surface area contributed by atoms with E-state index in [1.165, 1.54) is 0 Å². The van der Waals surface area contributed by atoms with E-state index in [1.807, 2.05) is 24.0 Å². The van der Waals surface area contributed by atoms with Gasteiger partial charge in [-0.3, -0.25) is 4.79 Å². The lowest BCUT2D eigenvalue weighted by Gasteiger charge is -2.31. The van der Waals surface area contributed by atoms with E-state index in [0.717, 1.165) is 34.1 Å². The number of thiazole rings is 1. The molecule has 156 valence electrons. The number of aryl methyl sites for hydroxylation is 1. The van der Waals surface area contributed by atoms with Gasteiger partial charge in [0.05, 0.1) is 35.5 Å². The molecule has 3 aromatic rings. The van der Waals surface area contributed by atoms with Gasteiger partial charge in [-0.25, -0.2) is 15.0 Å². The molecule has 1 amide bonds. The van der Waals surface area contributed by atoms with Crippen molar-refractivity contribution in [2.45, 2.75) is 25.7 Å². The van der Waals surface area contributed by atoms with Gasteiger partial charge in [-0.1, -0.05) is 6.07 Å². The van der Waals surface area contributed by atoms with Crippen LogP contribution in [0, 0.1) is 6.92 Å². The lowest BCUT2D eigenvalue weighted by atomic mass is 9.96. The van der Waals surface area contributed by atoms with Crippen LogP contribution < -0.4 is 9.47 Å². The summed E-state index contributed by atoms with van der Waals surface area (Å²) in [6.07, 6.45) is 5.06. The topological polar surface area (TPSA) is 77.4 Å². The highest BCUT2D eigenvalue weighted by Gasteiger charge is 2.30. The van der Waals surface area contributed by atoms with Crippen LogP contribution in [-0.2, 0) is 0 Å². The fourth-order valence-electron chi connectivity index (χ4n) is 3.80. The molecule has 3 heterocycles. The van der Waals surface area contributed by atoms with E-state index in [9.17, 15) is 4.79 Å². The summed E-state index contributed by atoms with van der Waals surface area (Å²) in [7, 11) is 3.13. The van der Waals surface area contributed by atoms with E-state index in [0.29, 0.717) is 36.1 Å². The number of piperidine rings is 1. The summed E-state index contributed by atoms with van der Waals surface area (Å²) in [4.78, 5) is 29.3. The first-order valence-electron chi connectivity index (χ1n) is 9.86. The Balaban J connectivity index is 1.48. The smallest absolute Gasteiger partial charge is 0.261 e. The highest BCUT2D eigenvalue weighted by Crippen LogP contribution is 2.37. The second-order valence-electron chi connectivity index (χ2n) is 7.17. The fourth-order valence-corrected chi connectivity index (χ4v) is 5.02. The van der Waals surface area contributed by atoms with Crippen molar-refractivity contribution in [1.82, 2.24) is 19.9 Å². The van der Waals surface area contributed by atoms with Crippen molar-refractivity contribution in [1.29, 1.82) is 0 Å². The van der Waals surface area contributed by atoms with E-state index in [1.54, 1.807) is 50.2 Å². The third kappa shape index (κ3) is 3.87. The molecule has 8 heteroatoms. The highest BCUT2D eigenvalue weighted by atomic mass is 32.1. The SMILES string of the molecule is COc1cccc(OC)c1C(=O)N1CCC(c2nc(C)c(-c3ccncn3)s2)CC1. The Morgan fingerprint density at radius 1 is 1.13 bits per heavy atom. The number of hydrogen-bond acceptors (Lipinski definition) is 7. The van der Waals surface area contributed by atoms with Crippen LogP contribution in [0.2, 0.25) is 0 Å². The molecule has 0 radical (unpaired) electrons. The molecule has 30 heavy (non-hydrogen) atoms. The number of ether oxygens (including phenoxy) is 2. The zero-order valence-electron chi connectivity index (χ0n) is 17.3. The standard InChI is InChI=1S/C22H24N4O3S/c1-14-20(16-7-10-23-13-24-16)30-21(25-14)15-8-11-26(12-9-15)22(27)19-17(28-2)5-4-6-18(19)29-3/h4-7,10,13,15H,8-9,11-12H2,1-3H3. The summed E-state index contributed by atoms with van der Waals surface area (Å²) in [6.45, 7) is 3.36. The van der Waals surface area contributed by atoms with Gasteiger partial charge < -0.3 is 14.4 Å². The molecule has 0 unspecified atom stereocenters. The van der Waals surface area contributed by atoms with Gasteiger partial charge in [0.1, 0.15) is 23.4 Å². The van der Waals surface area contributed by atoms with Gasteiger partial charge in [-0.2, -0.15) is 0 Å². The Morgan fingerprint density at radius 2 is 1.83 bits per heavy atom. The second-order valence-corrected chi connectivity index (χ2v) is 8.20. The van der Waals surface area contributed by atoms with Crippen molar-refractivity contribution in [2.24, 2.45) is 0 Å². The Kier molecular flexibility index (Phi) is 5.94. The molecule has 0 spiro atoms. The maximum Gasteiger partial charge on any atom is 0.261 e. The number of methoxy groups -OCH3 is 2. The summed E-state index contributed by atoms with van der Waals surface area (Å²) in [6, 6.07) is 7.30. The highest BCUT2D eigenvalue weighted by molar-refractivity contribution is 7.15. The maximum atomic E-state index is 13.2. The monoisotopic (exact) mass is 424 g/mol. The van der Waals surface area contributed by atoms with E-state index >= 15 is 0 Å². The summed E-state index contributed by atoms with van der Waals surface area (Å²) in [5, 5.41) is 1.11. The predicted octanol–water partition coefficient (Wildman–Crippen LogP) is 3.95. The van der Waals surface area contributed by atoms with Gasteiger partial charge >= 0.3 is 0 Å². The molecule has 0 atom stereocenters. The number of amides is 1. The van der Waals surface area contributed by atoms with Crippen LogP contribution in [0.4, 0.5) is 0 Å². The lowest BCUT2D eigenvalue weighted by molar-refractivity contribution is 0.0706. The molecule has 7 nitrogen and oxygen atoms in total. The first kappa shape index (κ1) is 20.3. The van der Waals surface area contributed by atoms with E-state index in [-0.39, 0.29) is 5.91 Å². The van der Waals surface area contributed by atoms with E-state index < -0.39 is 0 Å². The van der Waals surface area contributed by atoms with Crippen molar-refractivity contribution in [3.63, 3.8) is 0 Å². The quantitative estimate of drug-likeness (QED) is 0.617. The van der Waals surface area contributed by atoms with Crippen LogP contribution in [0.25, 0.3) is 10.6 Å². The van der Waals surface area contributed by atoms with E-state index in [4.69, 9.17) is 14.5 Å². The molecular weight excluding hydrogens is 400 g/mol. The molecular formula is C22H24N4O3S. The number of nitrogens with zero attached hydrogens (tertiary/aromatic N) is 4. The third-order valence-electron chi connectivity index (χ3n) is 5.40. The summed E-state index contributed by atoms with van der Waals surface area (Å²) in [5.41, 5.74) is 2.38. The first-order valence-corrected chi connectivity index (χ1v) is 10.7. The predicted molar refractivity (Wildman–Crippen MR) is 115 cm³/mol. The van der Waals surface area contributed by atoms with Gasteiger partial charge in [-0.15, -0.1) is 11.3 Å². The van der Waals surface area contributed by atoms with Gasteiger partial charge in [0.15, 0.2) is 0 Å². The molecule has 0 N–H and O–H groups in total. The van der Waals surface area contributed by atoms with Crippen molar-refractivity contribution < 1.29 is 14.3 Å². The van der Waals surface area contributed by atoms with Crippen molar-refractivity contribution in [2.75, 3.05) is 27.3 Å². The molecule has 2 aromatic heterocycles. The van der Waals surface area contributed by atoms with Gasteiger partial charge in [-0.05, 0) is 38.0 Å². The molecule has 1 fully saturated rings. The summed E-state index contributed by atoms with van der Waals surface area (Å²) in [5.74, 6) is 1.35. The molecule has 1 aliphatic rings. The Labute approximate surface area is 179 Å². The minimum atomic E-state index is -0.0558. The number of aromatic nitrogens is 3. The largest absolute Gasteiger partial charge is 0.496 e. The zero-order valence-corrected chi connectivity index (χ0v) is 18.1. The van der Waals surface area contributed by atoms with Crippen LogP contribution in [0.5, 0.6) is 11.5 Å². The Bertz CT molecular complexity index is 1010. The Morgan fingerprint density at radius 3 is 2.43 bits per heavy atom. The normalized spacial score (nSPS) is 14.6. The number of hydrogen-bond donors (Lipinski definition) is 0. The summed E-state index contributed by atoms with van der Waals surface area (Å²) >= 11 is 1.69. The van der Waals surface area contributed by atoms with Gasteiger partial charge in [0, 0.05) is 25.2 Å². The number of rotatable bonds is 5. The van der Waals surface area contributed by atoms with E-state index in [2.05, 4.69) is 9.97 Å².